The monoisotopic (exact) mass is 1040 g/mol. The van der Waals surface area contributed by atoms with Crippen LogP contribution in [0.15, 0.2) is 212 Å². The number of aromatic nitrogens is 2. The molecule has 0 radical (unpaired) electrons. The van der Waals surface area contributed by atoms with E-state index < -0.39 is 11.3 Å². The number of ether oxygens (including phenoxy) is 1. The van der Waals surface area contributed by atoms with Crippen LogP contribution in [-0.2, 0) is 16.7 Å². The van der Waals surface area contributed by atoms with Crippen LogP contribution in [0.25, 0.3) is 38.8 Å². The molecule has 3 aliphatic heterocycles. The molecule has 0 atom stereocenters. The van der Waals surface area contributed by atoms with Crippen LogP contribution in [0.4, 0.5) is 22.7 Å². The number of benzene rings is 8. The van der Waals surface area contributed by atoms with Gasteiger partial charge in [-0.1, -0.05) is 148 Å². The van der Waals surface area contributed by atoms with Crippen LogP contribution in [0, 0.1) is 0 Å². The second-order valence-corrected chi connectivity index (χ2v) is 23.0. The minimum absolute atomic E-state index is 0.0273. The van der Waals surface area contributed by atoms with Gasteiger partial charge in [0.25, 0.3) is 0 Å². The minimum atomic E-state index is -0.646. The van der Waals surface area contributed by atoms with Gasteiger partial charge in [-0.3, -0.25) is 24.2 Å². The summed E-state index contributed by atoms with van der Waals surface area (Å²) in [5.74, 6) is 2.42. The van der Waals surface area contributed by atoms with Crippen LogP contribution in [-0.4, -0.2) is 90.2 Å². The maximum Gasteiger partial charge on any atom is 0.137 e. The lowest BCUT2D eigenvalue weighted by Gasteiger charge is -2.56. The molecule has 0 bridgehead atoms. The molecule has 0 N–H and O–H groups in total. The van der Waals surface area contributed by atoms with Crippen LogP contribution < -0.4 is 14.5 Å². The first-order valence-electron chi connectivity index (χ1n) is 28.1. The summed E-state index contributed by atoms with van der Waals surface area (Å²) in [6.45, 7) is 11.1. The Morgan fingerprint density at radius 1 is 0.456 bits per heavy atom. The maximum absolute atomic E-state index is 6.98. The molecule has 79 heavy (non-hydrogen) atoms. The fraction of sp³-hybridized carbons (Fsp3) is 0.243. The van der Waals surface area contributed by atoms with E-state index in [0.717, 1.165) is 89.8 Å². The van der Waals surface area contributed by atoms with Crippen molar-refractivity contribution in [2.75, 3.05) is 70.8 Å². The van der Waals surface area contributed by atoms with E-state index in [0.29, 0.717) is 6.67 Å². The number of rotatable bonds is 10. The number of para-hydroxylation sites is 3. The van der Waals surface area contributed by atoms with Crippen molar-refractivity contribution in [2.24, 2.45) is 0 Å². The Bertz CT molecular complexity index is 3740. The van der Waals surface area contributed by atoms with Crippen LogP contribution in [0.3, 0.4) is 0 Å². The third-order valence-electron chi connectivity index (χ3n) is 17.4. The molecule has 5 heterocycles. The fourth-order valence-electron chi connectivity index (χ4n) is 13.7. The Labute approximate surface area is 466 Å². The van der Waals surface area contributed by atoms with E-state index in [2.05, 4.69) is 289 Å². The van der Waals surface area contributed by atoms with E-state index in [9.17, 15) is 0 Å². The van der Waals surface area contributed by atoms with Gasteiger partial charge >= 0.3 is 0 Å². The van der Waals surface area contributed by atoms with E-state index in [1.54, 1.807) is 0 Å². The van der Waals surface area contributed by atoms with Crippen molar-refractivity contribution < 1.29 is 4.74 Å². The predicted molar refractivity (Wildman–Crippen MR) is 325 cm³/mol. The summed E-state index contributed by atoms with van der Waals surface area (Å²) < 4.78 is 9.26. The molecule has 2 saturated heterocycles. The summed E-state index contributed by atoms with van der Waals surface area (Å²) in [4.78, 5) is 20.5. The lowest BCUT2D eigenvalue weighted by atomic mass is 9.77. The fourth-order valence-corrected chi connectivity index (χ4v) is 13.7. The highest BCUT2D eigenvalue weighted by Crippen LogP contribution is 2.56. The summed E-state index contributed by atoms with van der Waals surface area (Å²) in [5.41, 5.74) is 14.0. The van der Waals surface area contributed by atoms with Crippen molar-refractivity contribution in [3.8, 4) is 28.4 Å². The van der Waals surface area contributed by atoms with Crippen molar-refractivity contribution in [3.63, 3.8) is 0 Å². The molecule has 0 saturated carbocycles. The third-order valence-corrected chi connectivity index (χ3v) is 17.4. The summed E-state index contributed by atoms with van der Waals surface area (Å²) in [6, 6.07) is 75.7. The van der Waals surface area contributed by atoms with Gasteiger partial charge in [-0.05, 0) is 141 Å². The van der Waals surface area contributed by atoms with Gasteiger partial charge in [-0.15, -0.1) is 0 Å². The van der Waals surface area contributed by atoms with Gasteiger partial charge in [0.05, 0.1) is 28.1 Å². The molecule has 2 aromatic heterocycles. The molecule has 0 amide bonds. The van der Waals surface area contributed by atoms with Crippen molar-refractivity contribution in [2.45, 2.75) is 50.4 Å². The summed E-state index contributed by atoms with van der Waals surface area (Å²) >= 11 is 0. The molecule has 9 nitrogen and oxygen atoms in total. The Balaban J connectivity index is 0.996. The zero-order chi connectivity index (χ0) is 54.0. The lowest BCUT2D eigenvalue weighted by Crippen LogP contribution is -2.62. The van der Waals surface area contributed by atoms with Crippen molar-refractivity contribution >= 4 is 44.6 Å². The number of anilines is 4. The molecule has 2 fully saturated rings. The zero-order valence-electron chi connectivity index (χ0n) is 46.6. The number of pyridine rings is 1. The molecule has 13 rings (SSSR count). The number of hydrogen-bond donors (Lipinski definition) is 0. The summed E-state index contributed by atoms with van der Waals surface area (Å²) in [5, 5.41) is 2.34. The van der Waals surface area contributed by atoms with Crippen LogP contribution >= 0.6 is 0 Å². The smallest absolute Gasteiger partial charge is 0.137 e. The van der Waals surface area contributed by atoms with Gasteiger partial charge < -0.3 is 14.5 Å². The predicted octanol–water partition coefficient (Wildman–Crippen LogP) is 15.1. The first kappa shape index (κ1) is 50.5. The standard InChI is InChI=1S/C70H70N8O/c1-68(2,3)54-38-39-71-66(46-54)78-62-33-18-17-32-58(62)59-37-36-57(48-65(59)78)79-56-31-21-30-55(47-56)76-49-77(64-35-20-19-34-63(64)76)67-60(69(52-26-13-9-14-27-52)72(4)40-22-41-73(69)5)44-51(50-24-11-8-12-25-50)45-61(67)70(53-28-15-10-16-29-53)74(6)42-23-43-75(70)7/h8-21,24-39,44-48H,22-23,40-43,49H2,1-7H3. The molecular formula is C70H70N8O. The van der Waals surface area contributed by atoms with E-state index in [4.69, 9.17) is 9.72 Å². The van der Waals surface area contributed by atoms with Crippen LogP contribution in [0.5, 0.6) is 11.5 Å². The molecule has 8 aromatic carbocycles. The first-order chi connectivity index (χ1) is 38.5. The van der Waals surface area contributed by atoms with E-state index in [-0.39, 0.29) is 5.41 Å². The topological polar surface area (TPSA) is 46.5 Å². The molecule has 0 aliphatic carbocycles. The summed E-state index contributed by atoms with van der Waals surface area (Å²) in [6.07, 6.45) is 4.07. The molecule has 0 spiro atoms. The van der Waals surface area contributed by atoms with E-state index >= 15 is 0 Å². The van der Waals surface area contributed by atoms with Crippen molar-refractivity contribution in [3.05, 3.63) is 240 Å². The zero-order valence-corrected chi connectivity index (χ0v) is 46.6. The summed E-state index contributed by atoms with van der Waals surface area (Å²) in [7, 11) is 9.34. The van der Waals surface area contributed by atoms with Crippen LogP contribution in [0.1, 0.15) is 61.4 Å². The van der Waals surface area contributed by atoms with Gasteiger partial charge in [-0.2, -0.15) is 0 Å². The van der Waals surface area contributed by atoms with Gasteiger partial charge in [-0.25, -0.2) is 4.98 Å². The van der Waals surface area contributed by atoms with Gasteiger partial charge in [0, 0.05) is 72.1 Å². The highest BCUT2D eigenvalue weighted by atomic mass is 16.5. The largest absolute Gasteiger partial charge is 0.457 e. The average molecular weight is 1040 g/mol. The Morgan fingerprint density at radius 3 is 1.59 bits per heavy atom. The quantitative estimate of drug-likeness (QED) is 0.134. The Hall–Kier alpha value is -8.05. The SMILES string of the molecule is CN1CCCN(C)C1(c1ccccc1)c1cc(-c2ccccc2)cc(C2(c3ccccc3)N(C)CCCN2C)c1N1CN(c2cccc(Oc3ccc4c5ccccc5n(-c5cc(C(C)(C)C)ccn5)c4c3)c2)c2ccccc21. The minimum Gasteiger partial charge on any atom is -0.457 e. The molecule has 10 aromatic rings. The highest BCUT2D eigenvalue weighted by molar-refractivity contribution is 6.09. The lowest BCUT2D eigenvalue weighted by molar-refractivity contribution is -0.0379. The molecule has 396 valence electrons. The van der Waals surface area contributed by atoms with Crippen molar-refractivity contribution in [1.29, 1.82) is 0 Å². The van der Waals surface area contributed by atoms with Crippen molar-refractivity contribution in [1.82, 2.24) is 29.2 Å². The molecule has 0 unspecified atom stereocenters. The number of hydrogen-bond acceptors (Lipinski definition) is 8. The van der Waals surface area contributed by atoms with E-state index in [1.165, 1.54) is 50.0 Å². The third kappa shape index (κ3) is 8.33. The Kier molecular flexibility index (Phi) is 12.8. The molecule has 3 aliphatic rings. The van der Waals surface area contributed by atoms with Gasteiger partial charge in [0.1, 0.15) is 35.3 Å². The first-order valence-corrected chi connectivity index (χ1v) is 28.1. The van der Waals surface area contributed by atoms with Crippen LogP contribution in [0.2, 0.25) is 0 Å². The second-order valence-electron chi connectivity index (χ2n) is 23.0. The molecular weight excluding hydrogens is 969 g/mol. The Morgan fingerprint density at radius 2 is 0.987 bits per heavy atom. The van der Waals surface area contributed by atoms with Gasteiger partial charge in [0.15, 0.2) is 0 Å². The average Bonchev–Trinajstić information content (AvgIpc) is 4.22. The number of nitrogens with zero attached hydrogens (tertiary/aromatic N) is 8. The number of fused-ring (bicyclic) bond motifs is 4. The highest BCUT2D eigenvalue weighted by Gasteiger charge is 2.53. The second kappa shape index (κ2) is 20.0. The van der Waals surface area contributed by atoms with Gasteiger partial charge in [0.2, 0.25) is 0 Å². The van der Waals surface area contributed by atoms with E-state index in [1.807, 2.05) is 6.20 Å². The normalized spacial score (nSPS) is 17.2. The maximum atomic E-state index is 6.98. The molecule has 9 heteroatoms.